The fourth-order valence-electron chi connectivity index (χ4n) is 1.12. The SMILES string of the molecule is Cn1nc(-c2ccc(F)cc2)nc1N. The summed E-state index contributed by atoms with van der Waals surface area (Å²) in [6.45, 7) is 0. The summed E-state index contributed by atoms with van der Waals surface area (Å²) in [5, 5.41) is 4.07. The highest BCUT2D eigenvalue weighted by molar-refractivity contribution is 5.55. The Balaban J connectivity index is 2.44. The van der Waals surface area contributed by atoms with Crippen LogP contribution in [0.5, 0.6) is 0 Å². The average Bonchev–Trinajstić information content (AvgIpc) is 2.48. The van der Waals surface area contributed by atoms with Gasteiger partial charge in [-0.2, -0.15) is 4.98 Å². The van der Waals surface area contributed by atoms with Crippen molar-refractivity contribution in [2.24, 2.45) is 7.05 Å². The number of aryl methyl sites for hydroxylation is 1. The van der Waals surface area contributed by atoms with Crippen molar-refractivity contribution in [3.63, 3.8) is 0 Å². The summed E-state index contributed by atoms with van der Waals surface area (Å²) in [6.07, 6.45) is 0. The Hall–Kier alpha value is -1.91. The topological polar surface area (TPSA) is 56.7 Å². The minimum atomic E-state index is -0.280. The molecule has 72 valence electrons. The molecule has 14 heavy (non-hydrogen) atoms. The highest BCUT2D eigenvalue weighted by atomic mass is 19.1. The molecule has 1 aromatic heterocycles. The molecule has 4 nitrogen and oxygen atoms in total. The van der Waals surface area contributed by atoms with Crippen LogP contribution in [0.3, 0.4) is 0 Å². The minimum absolute atomic E-state index is 0.280. The van der Waals surface area contributed by atoms with Gasteiger partial charge in [0, 0.05) is 12.6 Å². The van der Waals surface area contributed by atoms with Gasteiger partial charge in [-0.1, -0.05) is 0 Å². The number of benzene rings is 1. The smallest absolute Gasteiger partial charge is 0.218 e. The second kappa shape index (κ2) is 3.10. The number of anilines is 1. The zero-order valence-electron chi connectivity index (χ0n) is 7.61. The van der Waals surface area contributed by atoms with Crippen LogP contribution in [0.25, 0.3) is 11.4 Å². The van der Waals surface area contributed by atoms with E-state index in [-0.39, 0.29) is 5.82 Å². The Morgan fingerprint density at radius 1 is 1.29 bits per heavy atom. The van der Waals surface area contributed by atoms with Crippen molar-refractivity contribution in [1.29, 1.82) is 0 Å². The first-order valence-corrected chi connectivity index (χ1v) is 4.09. The summed E-state index contributed by atoms with van der Waals surface area (Å²) < 4.78 is 14.1. The Labute approximate surface area is 80.2 Å². The van der Waals surface area contributed by atoms with Gasteiger partial charge in [0.15, 0.2) is 5.82 Å². The van der Waals surface area contributed by atoms with Crippen molar-refractivity contribution < 1.29 is 4.39 Å². The van der Waals surface area contributed by atoms with Crippen molar-refractivity contribution in [2.45, 2.75) is 0 Å². The molecule has 0 radical (unpaired) electrons. The standard InChI is InChI=1S/C9H9FN4/c1-14-9(11)12-8(13-14)6-2-4-7(10)5-3-6/h2-5H,1H3,(H2,11,12,13). The second-order valence-corrected chi connectivity index (χ2v) is 2.92. The highest BCUT2D eigenvalue weighted by Gasteiger charge is 2.05. The Bertz CT molecular complexity index is 427. The summed E-state index contributed by atoms with van der Waals surface area (Å²) in [5.74, 6) is 0.562. The van der Waals surface area contributed by atoms with Crippen LogP contribution in [-0.4, -0.2) is 14.8 Å². The van der Waals surface area contributed by atoms with E-state index in [1.165, 1.54) is 16.8 Å². The van der Waals surface area contributed by atoms with Crippen LogP contribution in [0.15, 0.2) is 24.3 Å². The van der Waals surface area contributed by atoms with Crippen LogP contribution >= 0.6 is 0 Å². The molecule has 5 heteroatoms. The number of hydrogen-bond donors (Lipinski definition) is 1. The molecule has 0 fully saturated rings. The van der Waals surface area contributed by atoms with E-state index in [2.05, 4.69) is 10.1 Å². The fraction of sp³-hybridized carbons (Fsp3) is 0.111. The average molecular weight is 192 g/mol. The van der Waals surface area contributed by atoms with Crippen LogP contribution in [0.4, 0.5) is 10.3 Å². The predicted octanol–water partition coefficient (Wildman–Crippen LogP) is 1.20. The number of nitrogens with two attached hydrogens (primary N) is 1. The monoisotopic (exact) mass is 192 g/mol. The maximum absolute atomic E-state index is 12.6. The molecule has 0 bridgehead atoms. The first kappa shape index (κ1) is 8.68. The third-order valence-electron chi connectivity index (χ3n) is 1.90. The third-order valence-corrected chi connectivity index (χ3v) is 1.90. The lowest BCUT2D eigenvalue weighted by molar-refractivity contribution is 0.628. The number of nitrogen functional groups attached to an aromatic ring is 1. The van der Waals surface area contributed by atoms with E-state index in [0.717, 1.165) is 5.56 Å². The van der Waals surface area contributed by atoms with E-state index in [4.69, 9.17) is 5.73 Å². The summed E-state index contributed by atoms with van der Waals surface area (Å²) in [4.78, 5) is 4.02. The van der Waals surface area contributed by atoms with Crippen LogP contribution in [0.2, 0.25) is 0 Å². The van der Waals surface area contributed by atoms with E-state index in [0.29, 0.717) is 11.8 Å². The number of nitrogens with zero attached hydrogens (tertiary/aromatic N) is 3. The molecule has 0 aliphatic rings. The Kier molecular flexibility index (Phi) is 1.92. The second-order valence-electron chi connectivity index (χ2n) is 2.92. The number of hydrogen-bond acceptors (Lipinski definition) is 3. The number of halogens is 1. The van der Waals surface area contributed by atoms with Gasteiger partial charge < -0.3 is 5.73 Å². The largest absolute Gasteiger partial charge is 0.368 e. The van der Waals surface area contributed by atoms with Gasteiger partial charge in [-0.05, 0) is 24.3 Å². The molecular formula is C9H9FN4. The molecule has 0 spiro atoms. The zero-order valence-corrected chi connectivity index (χ0v) is 7.61. The molecular weight excluding hydrogens is 183 g/mol. The Morgan fingerprint density at radius 2 is 1.93 bits per heavy atom. The predicted molar refractivity (Wildman–Crippen MR) is 50.8 cm³/mol. The van der Waals surface area contributed by atoms with Gasteiger partial charge >= 0.3 is 0 Å². The highest BCUT2D eigenvalue weighted by Crippen LogP contribution is 2.16. The minimum Gasteiger partial charge on any atom is -0.368 e. The van der Waals surface area contributed by atoms with E-state index in [9.17, 15) is 4.39 Å². The number of aromatic nitrogens is 3. The molecule has 0 saturated heterocycles. The van der Waals surface area contributed by atoms with Crippen LogP contribution in [-0.2, 0) is 7.05 Å². The van der Waals surface area contributed by atoms with Gasteiger partial charge in [0.1, 0.15) is 5.82 Å². The molecule has 1 heterocycles. The van der Waals surface area contributed by atoms with Crippen LogP contribution in [0, 0.1) is 5.82 Å². The molecule has 2 aromatic rings. The van der Waals surface area contributed by atoms with E-state index >= 15 is 0 Å². The first-order chi connectivity index (χ1) is 6.66. The molecule has 2 N–H and O–H groups in total. The maximum atomic E-state index is 12.6. The van der Waals surface area contributed by atoms with Gasteiger partial charge in [-0.25, -0.2) is 9.07 Å². The normalized spacial score (nSPS) is 10.4. The maximum Gasteiger partial charge on any atom is 0.218 e. The van der Waals surface area contributed by atoms with Gasteiger partial charge in [-0.15, -0.1) is 5.10 Å². The van der Waals surface area contributed by atoms with Gasteiger partial charge in [-0.3, -0.25) is 0 Å². The molecule has 0 saturated carbocycles. The summed E-state index contributed by atoms with van der Waals surface area (Å²) >= 11 is 0. The van der Waals surface area contributed by atoms with Crippen molar-refractivity contribution >= 4 is 5.95 Å². The lowest BCUT2D eigenvalue weighted by Gasteiger charge is -1.93. The van der Waals surface area contributed by atoms with Gasteiger partial charge in [0.25, 0.3) is 0 Å². The van der Waals surface area contributed by atoms with Crippen molar-refractivity contribution in [1.82, 2.24) is 14.8 Å². The summed E-state index contributed by atoms with van der Waals surface area (Å²) in [7, 11) is 1.70. The lowest BCUT2D eigenvalue weighted by Crippen LogP contribution is -1.97. The summed E-state index contributed by atoms with van der Waals surface area (Å²) in [5.41, 5.74) is 6.27. The van der Waals surface area contributed by atoms with E-state index in [1.54, 1.807) is 19.2 Å². The van der Waals surface area contributed by atoms with Gasteiger partial charge in [0.05, 0.1) is 0 Å². The van der Waals surface area contributed by atoms with Crippen LogP contribution in [0.1, 0.15) is 0 Å². The van der Waals surface area contributed by atoms with Gasteiger partial charge in [0.2, 0.25) is 5.95 Å². The van der Waals surface area contributed by atoms with E-state index < -0.39 is 0 Å². The fourth-order valence-corrected chi connectivity index (χ4v) is 1.12. The van der Waals surface area contributed by atoms with Crippen molar-refractivity contribution in [2.75, 3.05) is 5.73 Å². The Morgan fingerprint density at radius 3 is 2.43 bits per heavy atom. The quantitative estimate of drug-likeness (QED) is 0.738. The van der Waals surface area contributed by atoms with Crippen LogP contribution < -0.4 is 5.73 Å². The summed E-state index contributed by atoms with van der Waals surface area (Å²) in [6, 6.07) is 5.96. The molecule has 0 atom stereocenters. The molecule has 2 rings (SSSR count). The molecule has 0 amide bonds. The molecule has 0 aliphatic carbocycles. The zero-order chi connectivity index (χ0) is 10.1. The molecule has 1 aromatic carbocycles. The lowest BCUT2D eigenvalue weighted by atomic mass is 10.2. The van der Waals surface area contributed by atoms with Crippen molar-refractivity contribution in [3.05, 3.63) is 30.1 Å². The van der Waals surface area contributed by atoms with E-state index in [1.807, 2.05) is 0 Å². The molecule has 0 unspecified atom stereocenters. The van der Waals surface area contributed by atoms with Crippen molar-refractivity contribution in [3.8, 4) is 11.4 Å². The first-order valence-electron chi connectivity index (χ1n) is 4.09. The third kappa shape index (κ3) is 1.44. The molecule has 0 aliphatic heterocycles. The number of rotatable bonds is 1.